The van der Waals surface area contributed by atoms with Crippen molar-refractivity contribution in [2.45, 2.75) is 13.0 Å². The molecule has 5 nitrogen and oxygen atoms in total. The highest BCUT2D eigenvalue weighted by Gasteiger charge is 2.28. The number of carbonyl (C=O) groups is 1. The van der Waals surface area contributed by atoms with Gasteiger partial charge in [0.25, 0.3) is 5.91 Å². The SMILES string of the molecule is Cc1ccc(C(=O)N2CCOCC2CO)c(N)c1. The second kappa shape index (κ2) is 5.37. The van der Waals surface area contributed by atoms with Gasteiger partial charge in [-0.05, 0) is 24.6 Å². The lowest BCUT2D eigenvalue weighted by Gasteiger charge is -2.34. The van der Waals surface area contributed by atoms with Crippen molar-refractivity contribution in [3.63, 3.8) is 0 Å². The van der Waals surface area contributed by atoms with Crippen molar-refractivity contribution in [2.24, 2.45) is 0 Å². The molecule has 0 radical (unpaired) electrons. The summed E-state index contributed by atoms with van der Waals surface area (Å²) >= 11 is 0. The van der Waals surface area contributed by atoms with Gasteiger partial charge in [-0.1, -0.05) is 6.07 Å². The van der Waals surface area contributed by atoms with Crippen LogP contribution in [0.25, 0.3) is 0 Å². The van der Waals surface area contributed by atoms with Crippen LogP contribution in [-0.2, 0) is 4.74 Å². The van der Waals surface area contributed by atoms with Crippen LogP contribution in [0.2, 0.25) is 0 Å². The number of ether oxygens (including phenoxy) is 1. The van der Waals surface area contributed by atoms with Crippen LogP contribution in [0.15, 0.2) is 18.2 Å². The quantitative estimate of drug-likeness (QED) is 0.745. The number of amides is 1. The van der Waals surface area contributed by atoms with E-state index in [0.717, 1.165) is 5.56 Å². The van der Waals surface area contributed by atoms with Gasteiger partial charge in [0, 0.05) is 12.2 Å². The van der Waals surface area contributed by atoms with E-state index >= 15 is 0 Å². The molecule has 1 amide bonds. The first-order valence-corrected chi connectivity index (χ1v) is 5.99. The van der Waals surface area contributed by atoms with Crippen molar-refractivity contribution >= 4 is 11.6 Å². The fraction of sp³-hybridized carbons (Fsp3) is 0.462. The maximum Gasteiger partial charge on any atom is 0.256 e. The predicted octanol–water partition coefficient (Wildman–Crippen LogP) is 0.411. The molecule has 1 aromatic carbocycles. The maximum atomic E-state index is 12.4. The molecule has 1 unspecified atom stereocenters. The molecule has 1 heterocycles. The van der Waals surface area contributed by atoms with Crippen molar-refractivity contribution in [2.75, 3.05) is 32.1 Å². The molecular weight excluding hydrogens is 232 g/mol. The summed E-state index contributed by atoms with van der Waals surface area (Å²) in [6.07, 6.45) is 0. The van der Waals surface area contributed by atoms with Gasteiger partial charge in [-0.25, -0.2) is 0 Å². The molecule has 0 aromatic heterocycles. The minimum Gasteiger partial charge on any atom is -0.398 e. The first kappa shape index (κ1) is 12.9. The largest absolute Gasteiger partial charge is 0.398 e. The molecule has 1 aliphatic rings. The molecule has 0 aliphatic carbocycles. The summed E-state index contributed by atoms with van der Waals surface area (Å²) in [6.45, 7) is 3.17. The third-order valence-corrected chi connectivity index (χ3v) is 3.14. The van der Waals surface area contributed by atoms with Crippen LogP contribution >= 0.6 is 0 Å². The van der Waals surface area contributed by atoms with Gasteiger partial charge in [0.1, 0.15) is 0 Å². The number of anilines is 1. The normalized spacial score (nSPS) is 19.9. The van der Waals surface area contributed by atoms with Crippen LogP contribution in [-0.4, -0.2) is 48.3 Å². The third-order valence-electron chi connectivity index (χ3n) is 3.14. The van der Waals surface area contributed by atoms with Gasteiger partial charge in [-0.2, -0.15) is 0 Å². The molecule has 0 bridgehead atoms. The van der Waals surface area contributed by atoms with E-state index in [9.17, 15) is 9.90 Å². The summed E-state index contributed by atoms with van der Waals surface area (Å²) in [7, 11) is 0. The summed E-state index contributed by atoms with van der Waals surface area (Å²) in [5, 5.41) is 9.27. The molecule has 3 N–H and O–H groups in total. The van der Waals surface area contributed by atoms with Crippen molar-refractivity contribution in [1.82, 2.24) is 4.90 Å². The average molecular weight is 250 g/mol. The Morgan fingerprint density at radius 2 is 2.39 bits per heavy atom. The number of nitrogen functional groups attached to an aromatic ring is 1. The first-order chi connectivity index (χ1) is 8.63. The first-order valence-electron chi connectivity index (χ1n) is 5.99. The maximum absolute atomic E-state index is 12.4. The van der Waals surface area contributed by atoms with Crippen LogP contribution in [0.1, 0.15) is 15.9 Å². The Hall–Kier alpha value is -1.59. The number of morpholine rings is 1. The molecule has 0 spiro atoms. The van der Waals surface area contributed by atoms with E-state index < -0.39 is 0 Å². The lowest BCUT2D eigenvalue weighted by Crippen LogP contribution is -2.50. The Morgan fingerprint density at radius 1 is 1.61 bits per heavy atom. The van der Waals surface area contributed by atoms with Crippen molar-refractivity contribution in [1.29, 1.82) is 0 Å². The van der Waals surface area contributed by atoms with Gasteiger partial charge in [-0.3, -0.25) is 4.79 Å². The topological polar surface area (TPSA) is 75.8 Å². The van der Waals surface area contributed by atoms with E-state index in [4.69, 9.17) is 10.5 Å². The minimum absolute atomic E-state index is 0.0997. The molecule has 18 heavy (non-hydrogen) atoms. The highest BCUT2D eigenvalue weighted by molar-refractivity contribution is 5.99. The summed E-state index contributed by atoms with van der Waals surface area (Å²) < 4.78 is 5.25. The zero-order chi connectivity index (χ0) is 13.1. The second-order valence-electron chi connectivity index (χ2n) is 4.50. The Balaban J connectivity index is 2.24. The number of rotatable bonds is 2. The molecule has 1 aromatic rings. The van der Waals surface area contributed by atoms with Crippen molar-refractivity contribution in [3.8, 4) is 0 Å². The van der Waals surface area contributed by atoms with Crippen LogP contribution in [0.3, 0.4) is 0 Å². The fourth-order valence-corrected chi connectivity index (χ4v) is 2.11. The van der Waals surface area contributed by atoms with Gasteiger partial charge < -0.3 is 20.5 Å². The predicted molar refractivity (Wildman–Crippen MR) is 68.3 cm³/mol. The summed E-state index contributed by atoms with van der Waals surface area (Å²) in [5.74, 6) is -0.144. The number of aliphatic hydroxyl groups excluding tert-OH is 1. The van der Waals surface area contributed by atoms with Gasteiger partial charge in [0.2, 0.25) is 0 Å². The van der Waals surface area contributed by atoms with Gasteiger partial charge in [-0.15, -0.1) is 0 Å². The van der Waals surface area contributed by atoms with Crippen molar-refractivity contribution < 1.29 is 14.6 Å². The zero-order valence-corrected chi connectivity index (χ0v) is 10.4. The fourth-order valence-electron chi connectivity index (χ4n) is 2.11. The minimum atomic E-state index is -0.285. The number of aliphatic hydroxyl groups is 1. The summed E-state index contributed by atoms with van der Waals surface area (Å²) in [6, 6.07) is 5.09. The number of benzene rings is 1. The van der Waals surface area contributed by atoms with E-state index in [2.05, 4.69) is 0 Å². The van der Waals surface area contributed by atoms with E-state index in [1.54, 1.807) is 17.0 Å². The zero-order valence-electron chi connectivity index (χ0n) is 10.4. The Labute approximate surface area is 106 Å². The average Bonchev–Trinajstić information content (AvgIpc) is 2.38. The smallest absolute Gasteiger partial charge is 0.256 e. The lowest BCUT2D eigenvalue weighted by atomic mass is 10.1. The number of aryl methyl sites for hydroxylation is 1. The molecule has 1 saturated heterocycles. The van der Waals surface area contributed by atoms with Crippen molar-refractivity contribution in [3.05, 3.63) is 29.3 Å². The van der Waals surface area contributed by atoms with Crippen LogP contribution < -0.4 is 5.73 Å². The molecule has 1 aliphatic heterocycles. The molecule has 1 atom stereocenters. The monoisotopic (exact) mass is 250 g/mol. The molecule has 98 valence electrons. The Kier molecular flexibility index (Phi) is 3.84. The van der Waals surface area contributed by atoms with E-state index in [1.807, 2.05) is 13.0 Å². The van der Waals surface area contributed by atoms with Crippen LogP contribution in [0.4, 0.5) is 5.69 Å². The van der Waals surface area contributed by atoms with E-state index in [-0.39, 0.29) is 18.6 Å². The molecule has 0 saturated carbocycles. The Morgan fingerprint density at radius 3 is 3.06 bits per heavy atom. The summed E-state index contributed by atoms with van der Waals surface area (Å²) in [4.78, 5) is 14.0. The van der Waals surface area contributed by atoms with Crippen LogP contribution in [0.5, 0.6) is 0 Å². The molecule has 2 rings (SSSR count). The molecular formula is C13H18N2O3. The Bertz CT molecular complexity index is 448. The van der Waals surface area contributed by atoms with Crippen LogP contribution in [0, 0.1) is 6.92 Å². The highest BCUT2D eigenvalue weighted by Crippen LogP contribution is 2.18. The standard InChI is InChI=1S/C13H18N2O3/c1-9-2-3-11(12(14)6-9)13(17)15-4-5-18-8-10(15)7-16/h2-3,6,10,16H,4-5,7-8,14H2,1H3. The number of nitrogens with zero attached hydrogens (tertiary/aromatic N) is 1. The number of hydrogen-bond acceptors (Lipinski definition) is 4. The molecule has 5 heteroatoms. The van der Waals surface area contributed by atoms with Gasteiger partial charge in [0.05, 0.1) is 31.4 Å². The molecule has 1 fully saturated rings. The third kappa shape index (κ3) is 2.47. The van der Waals surface area contributed by atoms with Gasteiger partial charge in [0.15, 0.2) is 0 Å². The van der Waals surface area contributed by atoms with Gasteiger partial charge >= 0.3 is 0 Å². The second-order valence-corrected chi connectivity index (χ2v) is 4.50. The lowest BCUT2D eigenvalue weighted by molar-refractivity contribution is -0.0183. The van der Waals surface area contributed by atoms with E-state index in [1.165, 1.54) is 0 Å². The van der Waals surface area contributed by atoms with E-state index in [0.29, 0.717) is 31.0 Å². The highest BCUT2D eigenvalue weighted by atomic mass is 16.5. The number of hydrogen-bond donors (Lipinski definition) is 2. The summed E-state index contributed by atoms with van der Waals surface area (Å²) in [5.41, 5.74) is 7.86. The number of carbonyl (C=O) groups excluding carboxylic acids is 1. The number of nitrogens with two attached hydrogens (primary N) is 1.